The second kappa shape index (κ2) is 5.21. The number of hydrogen-bond acceptors (Lipinski definition) is 4. The Morgan fingerprint density at radius 3 is 2.88 bits per heavy atom. The zero-order chi connectivity index (χ0) is 12.4. The van der Waals surface area contributed by atoms with E-state index in [2.05, 4.69) is 4.98 Å². The molecule has 1 aliphatic rings. The highest BCUT2D eigenvalue weighted by molar-refractivity contribution is 6.30. The molecule has 1 aromatic rings. The Balaban J connectivity index is 2.21. The van der Waals surface area contributed by atoms with Crippen LogP contribution in [0.2, 0.25) is 5.02 Å². The second-order valence-corrected chi connectivity index (χ2v) is 4.85. The van der Waals surface area contributed by atoms with Gasteiger partial charge in [0.1, 0.15) is 5.82 Å². The highest BCUT2D eigenvalue weighted by Gasteiger charge is 2.37. The molecule has 0 amide bonds. The molecule has 1 aliphatic carbocycles. The first-order valence-electron chi connectivity index (χ1n) is 5.91. The number of anilines is 1. The molecule has 0 radical (unpaired) electrons. The quantitative estimate of drug-likeness (QED) is 0.845. The fourth-order valence-electron chi connectivity index (χ4n) is 2.06. The Morgan fingerprint density at radius 2 is 2.29 bits per heavy atom. The second-order valence-electron chi connectivity index (χ2n) is 4.41. The molecule has 4 nitrogen and oxygen atoms in total. The Morgan fingerprint density at radius 1 is 1.59 bits per heavy atom. The topological polar surface area (TPSA) is 74.2 Å². The van der Waals surface area contributed by atoms with Crippen LogP contribution in [0.5, 0.6) is 0 Å². The summed E-state index contributed by atoms with van der Waals surface area (Å²) in [6.45, 7) is 2.63. The fourth-order valence-corrected chi connectivity index (χ4v) is 2.23. The van der Waals surface area contributed by atoms with Gasteiger partial charge in [-0.05, 0) is 31.7 Å². The number of hydrogen-bond donors (Lipinski definition) is 2. The molecule has 2 atom stereocenters. The van der Waals surface area contributed by atoms with E-state index in [9.17, 15) is 0 Å². The molecule has 0 aliphatic heterocycles. The van der Waals surface area contributed by atoms with Gasteiger partial charge in [0.05, 0.1) is 17.2 Å². The van der Waals surface area contributed by atoms with E-state index in [1.165, 1.54) is 19.0 Å². The summed E-state index contributed by atoms with van der Waals surface area (Å²) in [6, 6.07) is 1.52. The van der Waals surface area contributed by atoms with Crippen molar-refractivity contribution in [1.82, 2.24) is 4.98 Å². The van der Waals surface area contributed by atoms with Gasteiger partial charge < -0.3 is 16.2 Å². The summed E-state index contributed by atoms with van der Waals surface area (Å²) in [6.07, 6.45) is 3.89. The summed E-state index contributed by atoms with van der Waals surface area (Å²) in [5, 5.41) is 0.552. The third-order valence-electron chi connectivity index (χ3n) is 3.07. The summed E-state index contributed by atoms with van der Waals surface area (Å²) >= 11 is 5.92. The van der Waals surface area contributed by atoms with Gasteiger partial charge in [-0.25, -0.2) is 4.98 Å². The van der Waals surface area contributed by atoms with Crippen molar-refractivity contribution < 1.29 is 4.74 Å². The minimum atomic E-state index is -0.256. The molecule has 0 saturated heterocycles. The molecule has 1 aromatic heterocycles. The number of nitrogens with two attached hydrogens (primary N) is 2. The predicted octanol–water partition coefficient (Wildman–Crippen LogP) is 2.13. The average molecular weight is 256 g/mol. The molecule has 17 heavy (non-hydrogen) atoms. The van der Waals surface area contributed by atoms with E-state index in [4.69, 9.17) is 27.8 Å². The molecule has 0 aromatic carbocycles. The fraction of sp³-hybridized carbons (Fsp3) is 0.583. The van der Waals surface area contributed by atoms with E-state index in [-0.39, 0.29) is 12.1 Å². The molecule has 2 rings (SSSR count). The molecular weight excluding hydrogens is 238 g/mol. The molecule has 5 heteroatoms. The minimum Gasteiger partial charge on any atom is -0.383 e. The minimum absolute atomic E-state index is 0.0163. The van der Waals surface area contributed by atoms with E-state index >= 15 is 0 Å². The summed E-state index contributed by atoms with van der Waals surface area (Å²) in [5.41, 5.74) is 12.9. The first-order valence-corrected chi connectivity index (χ1v) is 6.29. The van der Waals surface area contributed by atoms with Gasteiger partial charge in [-0.15, -0.1) is 0 Å². The van der Waals surface area contributed by atoms with Gasteiger partial charge in [-0.3, -0.25) is 0 Å². The van der Waals surface area contributed by atoms with Crippen molar-refractivity contribution in [2.24, 2.45) is 11.7 Å². The molecule has 94 valence electrons. The molecule has 2 unspecified atom stereocenters. The normalized spacial score (nSPS) is 19.0. The van der Waals surface area contributed by atoms with Crippen LogP contribution in [-0.4, -0.2) is 17.7 Å². The first-order chi connectivity index (χ1) is 8.13. The van der Waals surface area contributed by atoms with Crippen molar-refractivity contribution in [3.05, 3.63) is 22.8 Å². The van der Waals surface area contributed by atoms with Crippen LogP contribution in [0.25, 0.3) is 0 Å². The summed E-state index contributed by atoms with van der Waals surface area (Å²) in [7, 11) is 0. The van der Waals surface area contributed by atoms with Gasteiger partial charge in [-0.2, -0.15) is 0 Å². The number of halogens is 1. The number of nitrogen functional groups attached to an aromatic ring is 1. The van der Waals surface area contributed by atoms with Crippen LogP contribution >= 0.6 is 11.6 Å². The lowest BCUT2D eigenvalue weighted by Crippen LogP contribution is -2.31. The van der Waals surface area contributed by atoms with Crippen molar-refractivity contribution in [3.63, 3.8) is 0 Å². The Hall–Kier alpha value is -0.840. The lowest BCUT2D eigenvalue weighted by molar-refractivity contribution is 0.0284. The van der Waals surface area contributed by atoms with E-state index in [0.29, 0.717) is 23.4 Å². The van der Waals surface area contributed by atoms with Crippen LogP contribution in [0.1, 0.15) is 31.4 Å². The van der Waals surface area contributed by atoms with Crippen LogP contribution in [0.15, 0.2) is 12.3 Å². The van der Waals surface area contributed by atoms with Gasteiger partial charge in [0, 0.05) is 18.4 Å². The molecule has 1 saturated carbocycles. The maximum atomic E-state index is 6.23. The lowest BCUT2D eigenvalue weighted by atomic mass is 9.99. The highest BCUT2D eigenvalue weighted by Crippen LogP contribution is 2.40. The summed E-state index contributed by atoms with van der Waals surface area (Å²) in [5.74, 6) is 0.982. The van der Waals surface area contributed by atoms with Gasteiger partial charge >= 0.3 is 0 Å². The maximum absolute atomic E-state index is 6.23. The van der Waals surface area contributed by atoms with E-state index < -0.39 is 0 Å². The van der Waals surface area contributed by atoms with Crippen molar-refractivity contribution >= 4 is 17.4 Å². The average Bonchev–Trinajstić information content (AvgIpc) is 3.12. The third kappa shape index (κ3) is 2.89. The highest BCUT2D eigenvalue weighted by atomic mass is 35.5. The van der Waals surface area contributed by atoms with Gasteiger partial charge in [0.2, 0.25) is 0 Å². The van der Waals surface area contributed by atoms with Crippen LogP contribution in [0.3, 0.4) is 0 Å². The van der Waals surface area contributed by atoms with Crippen LogP contribution < -0.4 is 11.5 Å². The third-order valence-corrected chi connectivity index (χ3v) is 3.28. The lowest BCUT2D eigenvalue weighted by Gasteiger charge is -2.24. The molecule has 1 fully saturated rings. The van der Waals surface area contributed by atoms with E-state index in [1.54, 1.807) is 6.07 Å². The predicted molar refractivity (Wildman–Crippen MR) is 68.7 cm³/mol. The number of rotatable bonds is 5. The van der Waals surface area contributed by atoms with Gasteiger partial charge in [0.15, 0.2) is 0 Å². The number of ether oxygens (including phenoxy) is 1. The van der Waals surface area contributed by atoms with Gasteiger partial charge in [-0.1, -0.05) is 11.6 Å². The SMILES string of the molecule is CCOC(C1CC1)C(N)c1cc(Cl)cnc1N. The summed E-state index contributed by atoms with van der Waals surface area (Å²) in [4.78, 5) is 4.03. The molecule has 0 bridgehead atoms. The van der Waals surface area contributed by atoms with Crippen LogP contribution in [0, 0.1) is 5.92 Å². The molecule has 4 N–H and O–H groups in total. The van der Waals surface area contributed by atoms with Crippen molar-refractivity contribution in [3.8, 4) is 0 Å². The first kappa shape index (κ1) is 12.6. The summed E-state index contributed by atoms with van der Waals surface area (Å²) < 4.78 is 5.73. The van der Waals surface area contributed by atoms with Crippen LogP contribution in [-0.2, 0) is 4.74 Å². The number of pyridine rings is 1. The largest absolute Gasteiger partial charge is 0.383 e. The van der Waals surface area contributed by atoms with Crippen molar-refractivity contribution in [2.75, 3.05) is 12.3 Å². The molecule has 0 spiro atoms. The smallest absolute Gasteiger partial charge is 0.128 e. The Kier molecular flexibility index (Phi) is 3.86. The zero-order valence-electron chi connectivity index (χ0n) is 9.90. The van der Waals surface area contributed by atoms with Gasteiger partial charge in [0.25, 0.3) is 0 Å². The zero-order valence-corrected chi connectivity index (χ0v) is 10.7. The van der Waals surface area contributed by atoms with E-state index in [0.717, 1.165) is 5.56 Å². The molecule has 1 heterocycles. The van der Waals surface area contributed by atoms with E-state index in [1.807, 2.05) is 6.92 Å². The molecular formula is C12H18ClN3O. The number of nitrogens with zero attached hydrogens (tertiary/aromatic N) is 1. The maximum Gasteiger partial charge on any atom is 0.128 e. The van der Waals surface area contributed by atoms with Crippen molar-refractivity contribution in [1.29, 1.82) is 0 Å². The number of aromatic nitrogens is 1. The van der Waals surface area contributed by atoms with Crippen molar-refractivity contribution in [2.45, 2.75) is 31.9 Å². The van der Waals surface area contributed by atoms with Crippen LogP contribution in [0.4, 0.5) is 5.82 Å². The monoisotopic (exact) mass is 255 g/mol. The standard InChI is InChI=1S/C12H18ClN3O/c1-2-17-11(7-3-4-7)10(14)9-5-8(13)6-16-12(9)15/h5-7,10-11H,2-4,14H2,1H3,(H2,15,16). The Bertz CT molecular complexity index is 395. The Labute approximate surface area is 106 Å².